The van der Waals surface area contributed by atoms with Gasteiger partial charge in [0.25, 0.3) is 0 Å². The highest BCUT2D eigenvalue weighted by molar-refractivity contribution is 6.18. The van der Waals surface area contributed by atoms with Crippen LogP contribution in [-0.4, -0.2) is 36.7 Å². The fourth-order valence-electron chi connectivity index (χ4n) is 6.89. The van der Waals surface area contributed by atoms with E-state index in [2.05, 4.69) is 5.32 Å². The van der Waals surface area contributed by atoms with Crippen LogP contribution in [0.3, 0.4) is 0 Å². The summed E-state index contributed by atoms with van der Waals surface area (Å²) in [6, 6.07) is 26.0. The van der Waals surface area contributed by atoms with Crippen LogP contribution in [0.2, 0.25) is 0 Å². The van der Waals surface area contributed by atoms with Gasteiger partial charge in [0.05, 0.1) is 19.1 Å². The van der Waals surface area contributed by atoms with Crippen molar-refractivity contribution in [3.63, 3.8) is 0 Å². The molecule has 0 unspecified atom stereocenters. The second kappa shape index (κ2) is 9.27. The Bertz CT molecular complexity index is 1770. The van der Waals surface area contributed by atoms with Gasteiger partial charge in [-0.2, -0.15) is 0 Å². The van der Waals surface area contributed by atoms with Crippen molar-refractivity contribution in [2.45, 2.75) is 17.5 Å². The maximum Gasteiger partial charge on any atom is 0.238 e. The van der Waals surface area contributed by atoms with E-state index in [0.29, 0.717) is 16.8 Å². The molecular weight excluding hydrogens is 519 g/mol. The number of fused-ring (bicyclic) bond motifs is 6. The number of methoxy groups -OCH3 is 1. The summed E-state index contributed by atoms with van der Waals surface area (Å²) in [5, 5.41) is 3.00. The van der Waals surface area contributed by atoms with E-state index in [0.717, 1.165) is 17.3 Å². The first kappa shape index (κ1) is 25.0. The minimum atomic E-state index is -1.46. The highest BCUT2D eigenvalue weighted by Gasteiger charge is 2.70. The van der Waals surface area contributed by atoms with Crippen molar-refractivity contribution < 1.29 is 23.5 Å². The standard InChI is InChI=1S/C34H25FN2O4/c1-41-27-17-15-22(19-24(27)35)31(38)29-30(32(39)21-10-3-2-4-11-21)37-26-14-8-5-9-20(26)16-18-28(37)34(29)23-12-6-7-13-25(23)36-33(34)40/h2-19,28-30H,1H3,(H,36,40)/t28-,29-,30+,34+/m0/s1. The number of nitrogens with one attached hydrogen (secondary N) is 1. The predicted molar refractivity (Wildman–Crippen MR) is 154 cm³/mol. The Morgan fingerprint density at radius 3 is 2.39 bits per heavy atom. The number of nitrogens with zero attached hydrogens (tertiary/aromatic N) is 1. The molecule has 4 atom stereocenters. The van der Waals surface area contributed by atoms with Crippen molar-refractivity contribution in [2.75, 3.05) is 17.3 Å². The van der Waals surface area contributed by atoms with E-state index in [4.69, 9.17) is 4.74 Å². The minimum Gasteiger partial charge on any atom is -0.494 e. The summed E-state index contributed by atoms with van der Waals surface area (Å²) >= 11 is 0. The highest BCUT2D eigenvalue weighted by Crippen LogP contribution is 2.58. The maximum atomic E-state index is 15.0. The van der Waals surface area contributed by atoms with Crippen molar-refractivity contribution in [2.24, 2.45) is 5.92 Å². The third-order valence-electron chi connectivity index (χ3n) is 8.59. The monoisotopic (exact) mass is 544 g/mol. The third-order valence-corrected chi connectivity index (χ3v) is 8.59. The number of amides is 1. The Kier molecular flexibility index (Phi) is 5.64. The van der Waals surface area contributed by atoms with E-state index < -0.39 is 35.0 Å². The van der Waals surface area contributed by atoms with Gasteiger partial charge in [0.1, 0.15) is 11.5 Å². The van der Waals surface area contributed by atoms with E-state index in [-0.39, 0.29) is 23.0 Å². The maximum absolute atomic E-state index is 15.0. The fourth-order valence-corrected chi connectivity index (χ4v) is 6.89. The molecule has 1 N–H and O–H groups in total. The van der Waals surface area contributed by atoms with Gasteiger partial charge in [0, 0.05) is 22.5 Å². The van der Waals surface area contributed by atoms with Crippen molar-refractivity contribution in [1.29, 1.82) is 0 Å². The van der Waals surface area contributed by atoms with Crippen LogP contribution < -0.4 is 15.0 Å². The second-order valence-corrected chi connectivity index (χ2v) is 10.5. The average molecular weight is 545 g/mol. The van der Waals surface area contributed by atoms with Crippen molar-refractivity contribution in [3.8, 4) is 5.75 Å². The molecule has 0 saturated carbocycles. The SMILES string of the molecule is COc1ccc(C(=O)[C@@H]2[C@H](C(=O)c3ccccc3)N3c4ccccc4C=C[C@H]3[C@@]23C(=O)Nc2ccccc23)cc1F. The number of anilines is 2. The summed E-state index contributed by atoms with van der Waals surface area (Å²) in [6.45, 7) is 0. The van der Waals surface area contributed by atoms with Gasteiger partial charge in [0.15, 0.2) is 23.1 Å². The second-order valence-electron chi connectivity index (χ2n) is 10.5. The molecule has 1 amide bonds. The lowest BCUT2D eigenvalue weighted by Gasteiger charge is -2.37. The predicted octanol–water partition coefficient (Wildman–Crippen LogP) is 5.69. The molecule has 1 spiro atoms. The molecule has 41 heavy (non-hydrogen) atoms. The van der Waals surface area contributed by atoms with Crippen LogP contribution in [0.15, 0.2) is 103 Å². The molecule has 4 aromatic rings. The summed E-state index contributed by atoms with van der Waals surface area (Å²) in [7, 11) is 1.35. The molecule has 3 aliphatic heterocycles. The number of carbonyl (C=O) groups is 3. The van der Waals surface area contributed by atoms with Crippen molar-refractivity contribution in [3.05, 3.63) is 131 Å². The van der Waals surface area contributed by atoms with E-state index in [1.54, 1.807) is 30.3 Å². The zero-order valence-corrected chi connectivity index (χ0v) is 22.1. The zero-order chi connectivity index (χ0) is 28.3. The van der Waals surface area contributed by atoms with Crippen LogP contribution in [0.1, 0.15) is 31.8 Å². The molecule has 0 radical (unpaired) electrons. The number of ether oxygens (including phenoxy) is 1. The van der Waals surface area contributed by atoms with Crippen LogP contribution >= 0.6 is 0 Å². The van der Waals surface area contributed by atoms with Crippen LogP contribution in [-0.2, 0) is 10.2 Å². The molecule has 0 bridgehead atoms. The minimum absolute atomic E-state index is 0.00201. The summed E-state index contributed by atoms with van der Waals surface area (Å²) in [6.07, 6.45) is 3.85. The zero-order valence-electron chi connectivity index (χ0n) is 22.1. The van der Waals surface area contributed by atoms with E-state index in [9.17, 15) is 18.8 Å². The van der Waals surface area contributed by atoms with Gasteiger partial charge in [-0.3, -0.25) is 14.4 Å². The van der Waals surface area contributed by atoms with Gasteiger partial charge in [-0.25, -0.2) is 4.39 Å². The molecule has 6 nitrogen and oxygen atoms in total. The highest BCUT2D eigenvalue weighted by atomic mass is 19.1. The number of carbonyl (C=O) groups excluding carboxylic acids is 3. The first-order chi connectivity index (χ1) is 20.0. The lowest BCUT2D eigenvalue weighted by Crippen LogP contribution is -2.51. The Labute approximate surface area is 236 Å². The molecule has 1 saturated heterocycles. The Morgan fingerprint density at radius 2 is 1.61 bits per heavy atom. The Morgan fingerprint density at radius 1 is 0.878 bits per heavy atom. The van der Waals surface area contributed by atoms with E-state index in [1.165, 1.54) is 19.2 Å². The van der Waals surface area contributed by atoms with Crippen molar-refractivity contribution >= 4 is 34.9 Å². The smallest absolute Gasteiger partial charge is 0.238 e. The molecule has 3 heterocycles. The lowest BCUT2D eigenvalue weighted by atomic mass is 9.64. The van der Waals surface area contributed by atoms with Gasteiger partial charge in [-0.1, -0.05) is 78.9 Å². The van der Waals surface area contributed by atoms with E-state index >= 15 is 0 Å². The Balaban J connectivity index is 1.53. The normalized spacial score (nSPS) is 23.5. The molecule has 7 heteroatoms. The topological polar surface area (TPSA) is 75.7 Å². The first-order valence-corrected chi connectivity index (χ1v) is 13.4. The largest absolute Gasteiger partial charge is 0.494 e. The van der Waals surface area contributed by atoms with E-state index in [1.807, 2.05) is 65.6 Å². The van der Waals surface area contributed by atoms with Crippen LogP contribution in [0.25, 0.3) is 6.08 Å². The number of Topliss-reactive ketones (excluding diaryl/α,β-unsaturated/α-hetero) is 2. The lowest BCUT2D eigenvalue weighted by molar-refractivity contribution is -0.121. The van der Waals surface area contributed by atoms with Gasteiger partial charge in [-0.15, -0.1) is 0 Å². The summed E-state index contributed by atoms with van der Waals surface area (Å²) in [5.74, 6) is -3.02. The van der Waals surface area contributed by atoms with Gasteiger partial charge in [-0.05, 0) is 41.5 Å². The summed E-state index contributed by atoms with van der Waals surface area (Å²) in [4.78, 5) is 45.5. The molecule has 4 aromatic carbocycles. The number of rotatable bonds is 5. The molecule has 7 rings (SSSR count). The molecular formula is C34H25FN2O4. The summed E-state index contributed by atoms with van der Waals surface area (Å²) < 4.78 is 20.0. The Hall–Kier alpha value is -5.04. The summed E-state index contributed by atoms with van der Waals surface area (Å²) in [5.41, 5.74) is 1.89. The first-order valence-electron chi connectivity index (χ1n) is 13.4. The number of para-hydroxylation sites is 2. The van der Waals surface area contributed by atoms with Crippen LogP contribution in [0.5, 0.6) is 5.75 Å². The third kappa shape index (κ3) is 3.45. The number of hydrogen-bond donors (Lipinski definition) is 1. The molecule has 0 aliphatic carbocycles. The van der Waals surface area contributed by atoms with Gasteiger partial charge >= 0.3 is 0 Å². The molecule has 202 valence electrons. The number of hydrogen-bond acceptors (Lipinski definition) is 5. The number of halogens is 1. The van der Waals surface area contributed by atoms with Crippen LogP contribution in [0.4, 0.5) is 15.8 Å². The van der Waals surface area contributed by atoms with Gasteiger partial charge < -0.3 is 15.0 Å². The fraction of sp³-hybridized carbons (Fsp3) is 0.147. The van der Waals surface area contributed by atoms with Crippen LogP contribution in [0, 0.1) is 11.7 Å². The molecule has 1 fully saturated rings. The average Bonchev–Trinajstić information content (AvgIpc) is 3.49. The van der Waals surface area contributed by atoms with Gasteiger partial charge in [0.2, 0.25) is 5.91 Å². The quantitative estimate of drug-likeness (QED) is 0.327. The molecule has 3 aliphatic rings. The number of benzene rings is 4. The molecule has 0 aromatic heterocycles. The van der Waals surface area contributed by atoms with Crippen molar-refractivity contribution in [1.82, 2.24) is 0 Å². The number of ketones is 2.